The number of rotatable bonds is 6. The third kappa shape index (κ3) is 6.70. The predicted molar refractivity (Wildman–Crippen MR) is 74.2 cm³/mol. The molecule has 0 heterocycles. The Labute approximate surface area is 112 Å². The minimum Gasteiger partial charge on any atom is -0.395 e. The summed E-state index contributed by atoms with van der Waals surface area (Å²) < 4.78 is 0. The van der Waals surface area contributed by atoms with E-state index >= 15 is 0 Å². The van der Waals surface area contributed by atoms with Crippen molar-refractivity contribution in [2.24, 2.45) is 5.73 Å². The van der Waals surface area contributed by atoms with Gasteiger partial charge in [0.05, 0.1) is 18.1 Å². The maximum Gasteiger partial charge on any atom is 0.269 e. The molecular weight excluding hydrogens is 250 g/mol. The van der Waals surface area contributed by atoms with Crippen molar-refractivity contribution >= 4 is 11.4 Å². The number of nitro benzene ring substituents is 1. The standard InChI is InChI=1S/C10H14N2O3.C2H7NO/c1-2-11(7-8-13)9-3-5-10(6-4-9)12(14)15;3-1-2-4/h3-6,13H,2,7-8H2,1H3;4H,1-3H2. The first-order valence-corrected chi connectivity index (χ1v) is 6.01. The fourth-order valence-corrected chi connectivity index (χ4v) is 1.38. The molecule has 4 N–H and O–H groups in total. The van der Waals surface area contributed by atoms with Gasteiger partial charge in [-0.1, -0.05) is 0 Å². The molecule has 0 unspecified atom stereocenters. The second-order valence-electron chi connectivity index (χ2n) is 3.59. The minimum absolute atomic E-state index is 0.0742. The molecule has 19 heavy (non-hydrogen) atoms. The number of aliphatic hydroxyl groups excluding tert-OH is 2. The topological polar surface area (TPSA) is 113 Å². The lowest BCUT2D eigenvalue weighted by Gasteiger charge is -2.21. The first-order valence-electron chi connectivity index (χ1n) is 6.01. The molecule has 0 bridgehead atoms. The quantitative estimate of drug-likeness (QED) is 0.508. The lowest BCUT2D eigenvalue weighted by atomic mass is 10.2. The summed E-state index contributed by atoms with van der Waals surface area (Å²) in [7, 11) is 0. The van der Waals surface area contributed by atoms with E-state index in [2.05, 4.69) is 0 Å². The predicted octanol–water partition coefficient (Wildman–Crippen LogP) is 0.351. The minimum atomic E-state index is -0.424. The van der Waals surface area contributed by atoms with E-state index in [-0.39, 0.29) is 18.9 Å². The van der Waals surface area contributed by atoms with Crippen molar-refractivity contribution in [3.8, 4) is 0 Å². The van der Waals surface area contributed by atoms with E-state index in [4.69, 9.17) is 15.9 Å². The second-order valence-corrected chi connectivity index (χ2v) is 3.59. The van der Waals surface area contributed by atoms with Gasteiger partial charge < -0.3 is 20.8 Å². The number of anilines is 1. The van der Waals surface area contributed by atoms with E-state index in [9.17, 15) is 10.1 Å². The third-order valence-corrected chi connectivity index (χ3v) is 2.31. The highest BCUT2D eigenvalue weighted by Crippen LogP contribution is 2.18. The Balaban J connectivity index is 0.000000711. The molecule has 0 amide bonds. The van der Waals surface area contributed by atoms with Crippen molar-refractivity contribution in [3.05, 3.63) is 34.4 Å². The van der Waals surface area contributed by atoms with Crippen LogP contribution in [-0.2, 0) is 0 Å². The van der Waals surface area contributed by atoms with Gasteiger partial charge in [0.25, 0.3) is 5.69 Å². The van der Waals surface area contributed by atoms with Crippen LogP contribution in [0.25, 0.3) is 0 Å². The molecule has 0 fully saturated rings. The van der Waals surface area contributed by atoms with E-state index in [1.807, 2.05) is 11.8 Å². The molecule has 0 radical (unpaired) electrons. The number of aliphatic hydroxyl groups is 2. The maximum atomic E-state index is 10.4. The number of benzene rings is 1. The third-order valence-electron chi connectivity index (χ3n) is 2.31. The van der Waals surface area contributed by atoms with Crippen LogP contribution < -0.4 is 10.6 Å². The van der Waals surface area contributed by atoms with Crippen molar-refractivity contribution in [3.63, 3.8) is 0 Å². The monoisotopic (exact) mass is 271 g/mol. The van der Waals surface area contributed by atoms with Crippen molar-refractivity contribution in [2.45, 2.75) is 6.92 Å². The summed E-state index contributed by atoms with van der Waals surface area (Å²) in [4.78, 5) is 12.0. The van der Waals surface area contributed by atoms with Gasteiger partial charge in [-0.25, -0.2) is 0 Å². The highest BCUT2D eigenvalue weighted by Gasteiger charge is 2.07. The molecule has 108 valence electrons. The van der Waals surface area contributed by atoms with Gasteiger partial charge in [-0.15, -0.1) is 0 Å². The fourth-order valence-electron chi connectivity index (χ4n) is 1.38. The van der Waals surface area contributed by atoms with Crippen LogP contribution in [0.1, 0.15) is 6.92 Å². The van der Waals surface area contributed by atoms with Gasteiger partial charge in [-0.05, 0) is 19.1 Å². The van der Waals surface area contributed by atoms with Crippen molar-refractivity contribution in [2.75, 3.05) is 37.7 Å². The number of nitro groups is 1. The zero-order valence-corrected chi connectivity index (χ0v) is 11.0. The summed E-state index contributed by atoms with van der Waals surface area (Å²) in [5, 5.41) is 27.0. The summed E-state index contributed by atoms with van der Waals surface area (Å²) >= 11 is 0. The number of hydrogen-bond acceptors (Lipinski definition) is 6. The van der Waals surface area contributed by atoms with Crippen LogP contribution in [0.3, 0.4) is 0 Å². The molecule has 0 saturated heterocycles. The van der Waals surface area contributed by atoms with Crippen LogP contribution in [0.4, 0.5) is 11.4 Å². The largest absolute Gasteiger partial charge is 0.395 e. The van der Waals surface area contributed by atoms with Crippen LogP contribution in [0.2, 0.25) is 0 Å². The maximum absolute atomic E-state index is 10.4. The van der Waals surface area contributed by atoms with Gasteiger partial charge in [0, 0.05) is 37.5 Å². The molecule has 0 aromatic heterocycles. The van der Waals surface area contributed by atoms with Crippen LogP contribution in [0.5, 0.6) is 0 Å². The molecule has 0 aliphatic carbocycles. The Morgan fingerprint density at radius 1 is 1.26 bits per heavy atom. The van der Waals surface area contributed by atoms with E-state index < -0.39 is 4.92 Å². The van der Waals surface area contributed by atoms with Gasteiger partial charge in [0.15, 0.2) is 0 Å². The van der Waals surface area contributed by atoms with E-state index in [1.165, 1.54) is 12.1 Å². The van der Waals surface area contributed by atoms with Gasteiger partial charge >= 0.3 is 0 Å². The molecule has 0 spiro atoms. The Kier molecular flexibility index (Phi) is 9.33. The molecule has 1 rings (SSSR count). The van der Waals surface area contributed by atoms with Crippen LogP contribution in [0, 0.1) is 10.1 Å². The van der Waals surface area contributed by atoms with E-state index in [1.54, 1.807) is 12.1 Å². The summed E-state index contributed by atoms with van der Waals surface area (Å²) in [6.45, 7) is 3.81. The summed E-state index contributed by atoms with van der Waals surface area (Å²) in [6.07, 6.45) is 0. The number of nitrogens with two attached hydrogens (primary N) is 1. The van der Waals surface area contributed by atoms with Gasteiger partial charge in [0.1, 0.15) is 0 Å². The number of likely N-dealkylation sites (N-methyl/N-ethyl adjacent to an activating group) is 1. The summed E-state index contributed by atoms with van der Waals surface area (Å²) in [6, 6.07) is 6.32. The zero-order chi connectivity index (χ0) is 14.7. The normalized spacial score (nSPS) is 9.47. The first kappa shape index (κ1) is 17.3. The molecule has 1 aromatic carbocycles. The fraction of sp³-hybridized carbons (Fsp3) is 0.500. The number of nitrogens with zero attached hydrogens (tertiary/aromatic N) is 2. The smallest absolute Gasteiger partial charge is 0.269 e. The van der Waals surface area contributed by atoms with Crippen molar-refractivity contribution in [1.29, 1.82) is 0 Å². The van der Waals surface area contributed by atoms with Crippen LogP contribution in [0.15, 0.2) is 24.3 Å². The Morgan fingerprint density at radius 3 is 2.11 bits per heavy atom. The van der Waals surface area contributed by atoms with Crippen molar-refractivity contribution < 1.29 is 15.1 Å². The van der Waals surface area contributed by atoms with E-state index in [0.29, 0.717) is 13.1 Å². The Hall–Kier alpha value is -1.70. The molecular formula is C12H21N3O4. The zero-order valence-electron chi connectivity index (χ0n) is 11.0. The van der Waals surface area contributed by atoms with Crippen LogP contribution in [-0.4, -0.2) is 48.0 Å². The molecule has 0 aliphatic heterocycles. The molecule has 7 nitrogen and oxygen atoms in total. The molecule has 0 atom stereocenters. The second kappa shape index (κ2) is 10.2. The van der Waals surface area contributed by atoms with Crippen LogP contribution >= 0.6 is 0 Å². The van der Waals surface area contributed by atoms with Crippen molar-refractivity contribution in [1.82, 2.24) is 0 Å². The molecule has 1 aromatic rings. The van der Waals surface area contributed by atoms with Gasteiger partial charge in [-0.2, -0.15) is 0 Å². The van der Waals surface area contributed by atoms with E-state index in [0.717, 1.165) is 12.2 Å². The average molecular weight is 271 g/mol. The molecule has 7 heteroatoms. The molecule has 0 aliphatic rings. The van der Waals surface area contributed by atoms with Gasteiger partial charge in [-0.3, -0.25) is 10.1 Å². The summed E-state index contributed by atoms with van der Waals surface area (Å²) in [5.41, 5.74) is 5.75. The highest BCUT2D eigenvalue weighted by molar-refractivity contribution is 5.50. The summed E-state index contributed by atoms with van der Waals surface area (Å²) in [5.74, 6) is 0. The number of non-ortho nitro benzene ring substituents is 1. The highest BCUT2D eigenvalue weighted by atomic mass is 16.6. The number of hydrogen-bond donors (Lipinski definition) is 3. The molecule has 0 saturated carbocycles. The first-order chi connectivity index (χ1) is 9.10. The lowest BCUT2D eigenvalue weighted by Crippen LogP contribution is -2.25. The van der Waals surface area contributed by atoms with Gasteiger partial charge in [0.2, 0.25) is 0 Å². The lowest BCUT2D eigenvalue weighted by molar-refractivity contribution is -0.384. The Bertz CT molecular complexity index is 354. The average Bonchev–Trinajstić information content (AvgIpc) is 2.45. The Morgan fingerprint density at radius 2 is 1.79 bits per heavy atom. The SMILES string of the molecule is CCN(CCO)c1ccc([N+](=O)[O-])cc1.NCCO.